The molecule has 4 nitrogen and oxygen atoms in total. The maximum atomic E-state index is 11.8. The van der Waals surface area contributed by atoms with Gasteiger partial charge in [0.2, 0.25) is 0 Å². The van der Waals surface area contributed by atoms with Crippen LogP contribution in [-0.2, 0) is 4.74 Å². The number of aryl methyl sites for hydroxylation is 2. The van der Waals surface area contributed by atoms with Gasteiger partial charge in [0, 0.05) is 5.69 Å². The van der Waals surface area contributed by atoms with E-state index in [0.29, 0.717) is 10.7 Å². The molecule has 0 aliphatic rings. The number of ether oxygens (including phenoxy) is 1. The zero-order chi connectivity index (χ0) is 18.6. The topological polar surface area (TPSA) is 50.4 Å². The standard InChI is InChI=1S/C20H24N2O2S/c1-12-9-10-16(11-13(12)2)15(4)21-20(25)22-18-8-6-7-17(14(18)3)19(23)24-5/h6-11,15H,1-5H3,(H2,21,22,25). The molecule has 1 atom stereocenters. The number of benzene rings is 2. The van der Waals surface area contributed by atoms with Crippen molar-refractivity contribution >= 4 is 29.0 Å². The SMILES string of the molecule is COC(=O)c1cccc(NC(=S)NC(C)c2ccc(C)c(C)c2)c1C. The van der Waals surface area contributed by atoms with E-state index >= 15 is 0 Å². The first-order chi connectivity index (χ1) is 11.8. The van der Waals surface area contributed by atoms with Crippen molar-refractivity contribution in [3.63, 3.8) is 0 Å². The molecule has 25 heavy (non-hydrogen) atoms. The van der Waals surface area contributed by atoms with Crippen molar-refractivity contribution in [2.75, 3.05) is 12.4 Å². The predicted molar refractivity (Wildman–Crippen MR) is 106 cm³/mol. The molecule has 2 N–H and O–H groups in total. The number of hydrogen-bond donors (Lipinski definition) is 2. The predicted octanol–water partition coefficient (Wildman–Crippen LogP) is 4.45. The summed E-state index contributed by atoms with van der Waals surface area (Å²) in [6.45, 7) is 8.13. The summed E-state index contributed by atoms with van der Waals surface area (Å²) >= 11 is 5.43. The van der Waals surface area contributed by atoms with Crippen molar-refractivity contribution in [3.05, 3.63) is 64.2 Å². The van der Waals surface area contributed by atoms with Crippen LogP contribution in [0, 0.1) is 20.8 Å². The summed E-state index contributed by atoms with van der Waals surface area (Å²) in [5, 5.41) is 6.96. The number of carbonyl (C=O) groups is 1. The second-order valence-electron chi connectivity index (χ2n) is 6.13. The Morgan fingerprint density at radius 1 is 1.12 bits per heavy atom. The minimum absolute atomic E-state index is 0.0726. The zero-order valence-corrected chi connectivity index (χ0v) is 16.1. The number of anilines is 1. The van der Waals surface area contributed by atoms with Crippen LogP contribution >= 0.6 is 12.2 Å². The normalized spacial score (nSPS) is 11.6. The Morgan fingerprint density at radius 3 is 2.48 bits per heavy atom. The van der Waals surface area contributed by atoms with Crippen LogP contribution in [0.5, 0.6) is 0 Å². The third-order valence-electron chi connectivity index (χ3n) is 4.37. The van der Waals surface area contributed by atoms with Gasteiger partial charge in [0.05, 0.1) is 18.7 Å². The Labute approximate surface area is 154 Å². The first kappa shape index (κ1) is 18.9. The lowest BCUT2D eigenvalue weighted by Gasteiger charge is -2.19. The summed E-state index contributed by atoms with van der Waals surface area (Å²) in [5.41, 5.74) is 5.81. The average Bonchev–Trinajstić information content (AvgIpc) is 2.58. The molecule has 0 heterocycles. The number of carbonyl (C=O) groups excluding carboxylic acids is 1. The van der Waals surface area contributed by atoms with Gasteiger partial charge < -0.3 is 15.4 Å². The summed E-state index contributed by atoms with van der Waals surface area (Å²) < 4.78 is 4.81. The molecule has 0 aliphatic carbocycles. The van der Waals surface area contributed by atoms with Crippen LogP contribution in [0.15, 0.2) is 36.4 Å². The van der Waals surface area contributed by atoms with E-state index in [-0.39, 0.29) is 12.0 Å². The fraction of sp³-hybridized carbons (Fsp3) is 0.300. The smallest absolute Gasteiger partial charge is 0.338 e. The average molecular weight is 356 g/mol. The van der Waals surface area contributed by atoms with Crippen molar-refractivity contribution in [3.8, 4) is 0 Å². The molecular formula is C20H24N2O2S. The minimum Gasteiger partial charge on any atom is -0.465 e. The van der Waals surface area contributed by atoms with Crippen molar-refractivity contribution in [1.29, 1.82) is 0 Å². The number of rotatable bonds is 4. The van der Waals surface area contributed by atoms with Gasteiger partial charge in [0.25, 0.3) is 0 Å². The lowest BCUT2D eigenvalue weighted by atomic mass is 10.0. The fourth-order valence-corrected chi connectivity index (χ4v) is 2.86. The Hall–Kier alpha value is -2.40. The molecular weight excluding hydrogens is 332 g/mol. The van der Waals surface area contributed by atoms with E-state index in [0.717, 1.165) is 11.3 Å². The summed E-state index contributed by atoms with van der Waals surface area (Å²) in [4.78, 5) is 11.8. The molecule has 0 aromatic heterocycles. The van der Waals surface area contributed by atoms with Crippen LogP contribution in [-0.4, -0.2) is 18.2 Å². The third kappa shape index (κ3) is 4.57. The number of hydrogen-bond acceptors (Lipinski definition) is 3. The molecule has 0 aliphatic heterocycles. The van der Waals surface area contributed by atoms with Gasteiger partial charge in [-0.15, -0.1) is 0 Å². The molecule has 5 heteroatoms. The van der Waals surface area contributed by atoms with E-state index in [2.05, 4.69) is 49.6 Å². The second kappa shape index (κ2) is 8.12. The van der Waals surface area contributed by atoms with Gasteiger partial charge in [-0.25, -0.2) is 4.79 Å². The molecule has 0 amide bonds. The van der Waals surface area contributed by atoms with E-state index in [1.165, 1.54) is 23.8 Å². The molecule has 132 valence electrons. The summed E-state index contributed by atoms with van der Waals surface area (Å²) in [5.74, 6) is -0.358. The van der Waals surface area contributed by atoms with E-state index in [4.69, 9.17) is 17.0 Å². The van der Waals surface area contributed by atoms with Crippen LogP contribution < -0.4 is 10.6 Å². The number of nitrogens with one attached hydrogen (secondary N) is 2. The van der Waals surface area contributed by atoms with Crippen molar-refractivity contribution in [2.24, 2.45) is 0 Å². The van der Waals surface area contributed by atoms with Gasteiger partial charge in [0.1, 0.15) is 0 Å². The molecule has 0 bridgehead atoms. The lowest BCUT2D eigenvalue weighted by molar-refractivity contribution is 0.0600. The molecule has 2 aromatic carbocycles. The highest BCUT2D eigenvalue weighted by atomic mass is 32.1. The molecule has 0 radical (unpaired) electrons. The maximum Gasteiger partial charge on any atom is 0.338 e. The molecule has 0 spiro atoms. The van der Waals surface area contributed by atoms with Gasteiger partial charge in [-0.05, 0) is 74.3 Å². The van der Waals surface area contributed by atoms with Crippen LogP contribution in [0.25, 0.3) is 0 Å². The maximum absolute atomic E-state index is 11.8. The summed E-state index contributed by atoms with van der Waals surface area (Å²) in [7, 11) is 1.37. The number of thiocarbonyl (C=S) groups is 1. The number of esters is 1. The van der Waals surface area contributed by atoms with E-state index in [1.54, 1.807) is 12.1 Å². The summed E-state index contributed by atoms with van der Waals surface area (Å²) in [6.07, 6.45) is 0. The Morgan fingerprint density at radius 2 is 1.84 bits per heavy atom. The van der Waals surface area contributed by atoms with Crippen LogP contribution in [0.1, 0.15) is 45.6 Å². The zero-order valence-electron chi connectivity index (χ0n) is 15.3. The van der Waals surface area contributed by atoms with Gasteiger partial charge in [-0.1, -0.05) is 24.3 Å². The highest BCUT2D eigenvalue weighted by Crippen LogP contribution is 2.21. The van der Waals surface area contributed by atoms with Gasteiger partial charge >= 0.3 is 5.97 Å². The molecule has 2 aromatic rings. The van der Waals surface area contributed by atoms with E-state index in [9.17, 15) is 4.79 Å². The van der Waals surface area contributed by atoms with Crippen molar-refractivity contribution in [2.45, 2.75) is 33.7 Å². The molecule has 0 saturated heterocycles. The molecule has 1 unspecified atom stereocenters. The first-order valence-electron chi connectivity index (χ1n) is 8.16. The Balaban J connectivity index is 2.09. The van der Waals surface area contributed by atoms with Gasteiger partial charge in [0.15, 0.2) is 5.11 Å². The van der Waals surface area contributed by atoms with E-state index < -0.39 is 0 Å². The largest absolute Gasteiger partial charge is 0.465 e. The fourth-order valence-electron chi connectivity index (χ4n) is 2.57. The Kier molecular flexibility index (Phi) is 6.15. The highest BCUT2D eigenvalue weighted by Gasteiger charge is 2.13. The van der Waals surface area contributed by atoms with Crippen molar-refractivity contribution in [1.82, 2.24) is 5.32 Å². The quantitative estimate of drug-likeness (QED) is 0.626. The van der Waals surface area contributed by atoms with Crippen molar-refractivity contribution < 1.29 is 9.53 Å². The van der Waals surface area contributed by atoms with Gasteiger partial charge in [-0.3, -0.25) is 0 Å². The molecule has 0 fully saturated rings. The lowest BCUT2D eigenvalue weighted by Crippen LogP contribution is -2.31. The van der Waals surface area contributed by atoms with Gasteiger partial charge in [-0.2, -0.15) is 0 Å². The van der Waals surface area contributed by atoms with E-state index in [1.807, 2.05) is 13.0 Å². The molecule has 2 rings (SSSR count). The van der Waals surface area contributed by atoms with Crippen LogP contribution in [0.2, 0.25) is 0 Å². The van der Waals surface area contributed by atoms with Crippen LogP contribution in [0.4, 0.5) is 5.69 Å². The minimum atomic E-state index is -0.358. The molecule has 0 saturated carbocycles. The van der Waals surface area contributed by atoms with Crippen LogP contribution in [0.3, 0.4) is 0 Å². The summed E-state index contributed by atoms with van der Waals surface area (Å²) in [6, 6.07) is 11.9. The first-order valence-corrected chi connectivity index (χ1v) is 8.57. The number of methoxy groups -OCH3 is 1. The Bertz CT molecular complexity index is 802. The third-order valence-corrected chi connectivity index (χ3v) is 4.59. The monoisotopic (exact) mass is 356 g/mol. The highest BCUT2D eigenvalue weighted by molar-refractivity contribution is 7.80. The second-order valence-corrected chi connectivity index (χ2v) is 6.54.